The van der Waals surface area contributed by atoms with E-state index in [2.05, 4.69) is 34.2 Å². The molecule has 0 aromatic carbocycles. The Morgan fingerprint density at radius 1 is 1.50 bits per heavy atom. The molecule has 1 unspecified atom stereocenters. The van der Waals surface area contributed by atoms with E-state index in [-0.39, 0.29) is 0 Å². The number of nitrogens with one attached hydrogen (secondary N) is 1. The van der Waals surface area contributed by atoms with Crippen LogP contribution in [0.1, 0.15) is 25.5 Å². The Balaban J connectivity index is 1.97. The van der Waals surface area contributed by atoms with Gasteiger partial charge in [0.15, 0.2) is 0 Å². The molecule has 1 aliphatic rings. The smallest absolute Gasteiger partial charge is 0.147 e. The van der Waals surface area contributed by atoms with E-state index in [1.807, 2.05) is 24.2 Å². The Kier molecular flexibility index (Phi) is 5.26. The largest absolute Gasteiger partial charge is 0.355 e. The van der Waals surface area contributed by atoms with Crippen molar-refractivity contribution in [2.24, 2.45) is 0 Å². The van der Waals surface area contributed by atoms with Gasteiger partial charge in [0, 0.05) is 31.6 Å². The van der Waals surface area contributed by atoms with Crippen molar-refractivity contribution in [2.45, 2.75) is 32.4 Å². The summed E-state index contributed by atoms with van der Waals surface area (Å²) in [6.07, 6.45) is 6.11. The van der Waals surface area contributed by atoms with Gasteiger partial charge >= 0.3 is 0 Å². The summed E-state index contributed by atoms with van der Waals surface area (Å²) in [5.74, 6) is 3.47. The molecular formula is C13H22N4S. The SMILES string of the molecule is CCCNCc1cncc(N(C)C2CCSC2)n1. The standard InChI is InChI=1S/C13H22N4S/c1-3-5-14-7-11-8-15-9-13(16-11)17(2)12-4-6-18-10-12/h8-9,12,14H,3-7,10H2,1-2H3. The van der Waals surface area contributed by atoms with Crippen LogP contribution in [0.25, 0.3) is 0 Å². The second kappa shape index (κ2) is 6.95. The number of thioether (sulfide) groups is 1. The molecule has 0 radical (unpaired) electrons. The molecule has 100 valence electrons. The first kappa shape index (κ1) is 13.6. The molecule has 5 heteroatoms. The highest BCUT2D eigenvalue weighted by atomic mass is 32.2. The molecule has 0 amide bonds. The van der Waals surface area contributed by atoms with E-state index in [9.17, 15) is 0 Å². The molecule has 1 fully saturated rings. The van der Waals surface area contributed by atoms with Crippen LogP contribution in [0.5, 0.6) is 0 Å². The third-order valence-corrected chi connectivity index (χ3v) is 4.36. The van der Waals surface area contributed by atoms with Gasteiger partial charge in [-0.1, -0.05) is 6.92 Å². The van der Waals surface area contributed by atoms with Crippen LogP contribution in [0.15, 0.2) is 12.4 Å². The van der Waals surface area contributed by atoms with E-state index in [4.69, 9.17) is 0 Å². The van der Waals surface area contributed by atoms with Crippen molar-refractivity contribution >= 4 is 17.6 Å². The third kappa shape index (κ3) is 3.59. The van der Waals surface area contributed by atoms with Crippen molar-refractivity contribution in [3.63, 3.8) is 0 Å². The fourth-order valence-corrected chi connectivity index (χ4v) is 3.33. The second-order valence-corrected chi connectivity index (χ2v) is 5.82. The molecule has 1 saturated heterocycles. The summed E-state index contributed by atoms with van der Waals surface area (Å²) in [5.41, 5.74) is 1.03. The van der Waals surface area contributed by atoms with E-state index in [0.29, 0.717) is 6.04 Å². The molecule has 2 heterocycles. The maximum Gasteiger partial charge on any atom is 0.147 e. The lowest BCUT2D eigenvalue weighted by atomic mass is 10.2. The lowest BCUT2D eigenvalue weighted by Crippen LogP contribution is -2.32. The molecule has 2 rings (SSSR count). The van der Waals surface area contributed by atoms with Gasteiger partial charge in [-0.2, -0.15) is 11.8 Å². The van der Waals surface area contributed by atoms with Crippen molar-refractivity contribution < 1.29 is 0 Å². The minimum absolute atomic E-state index is 0.614. The van der Waals surface area contributed by atoms with Gasteiger partial charge in [0.1, 0.15) is 5.82 Å². The van der Waals surface area contributed by atoms with E-state index >= 15 is 0 Å². The van der Waals surface area contributed by atoms with Crippen molar-refractivity contribution in [1.29, 1.82) is 0 Å². The Hall–Kier alpha value is -0.810. The van der Waals surface area contributed by atoms with E-state index in [1.54, 1.807) is 0 Å². The number of hydrogen-bond acceptors (Lipinski definition) is 5. The summed E-state index contributed by atoms with van der Waals surface area (Å²) in [5, 5.41) is 3.36. The highest BCUT2D eigenvalue weighted by molar-refractivity contribution is 7.99. The maximum absolute atomic E-state index is 4.68. The van der Waals surface area contributed by atoms with E-state index in [0.717, 1.165) is 31.0 Å². The predicted molar refractivity (Wildman–Crippen MR) is 78.2 cm³/mol. The second-order valence-electron chi connectivity index (χ2n) is 4.67. The molecule has 1 aromatic rings. The first-order valence-corrected chi connectivity index (χ1v) is 7.79. The number of nitrogens with zero attached hydrogens (tertiary/aromatic N) is 3. The molecule has 0 saturated carbocycles. The molecule has 1 atom stereocenters. The molecule has 1 N–H and O–H groups in total. The van der Waals surface area contributed by atoms with Gasteiger partial charge in [-0.3, -0.25) is 4.98 Å². The van der Waals surface area contributed by atoms with Gasteiger partial charge < -0.3 is 10.2 Å². The molecule has 1 aromatic heterocycles. The summed E-state index contributed by atoms with van der Waals surface area (Å²) in [4.78, 5) is 11.3. The first-order chi connectivity index (χ1) is 8.81. The van der Waals surface area contributed by atoms with Crippen molar-refractivity contribution in [2.75, 3.05) is 30.0 Å². The fraction of sp³-hybridized carbons (Fsp3) is 0.692. The molecule has 4 nitrogen and oxygen atoms in total. The molecular weight excluding hydrogens is 244 g/mol. The van der Waals surface area contributed by atoms with Gasteiger partial charge in [0.25, 0.3) is 0 Å². The van der Waals surface area contributed by atoms with Crippen LogP contribution >= 0.6 is 11.8 Å². The van der Waals surface area contributed by atoms with Crippen LogP contribution < -0.4 is 10.2 Å². The number of anilines is 1. The van der Waals surface area contributed by atoms with Crippen LogP contribution in [0.2, 0.25) is 0 Å². The van der Waals surface area contributed by atoms with Crippen LogP contribution in [0.4, 0.5) is 5.82 Å². The topological polar surface area (TPSA) is 41.1 Å². The molecule has 0 spiro atoms. The zero-order chi connectivity index (χ0) is 12.8. The lowest BCUT2D eigenvalue weighted by molar-refractivity contribution is 0.653. The predicted octanol–water partition coefficient (Wildman–Crippen LogP) is 1.92. The number of aromatic nitrogens is 2. The quantitative estimate of drug-likeness (QED) is 0.797. The highest BCUT2D eigenvalue weighted by Crippen LogP contribution is 2.24. The Morgan fingerprint density at radius 2 is 2.39 bits per heavy atom. The summed E-state index contributed by atoms with van der Waals surface area (Å²) in [6.45, 7) is 4.00. The van der Waals surface area contributed by atoms with Crippen LogP contribution in [-0.4, -0.2) is 41.1 Å². The number of hydrogen-bond donors (Lipinski definition) is 1. The lowest BCUT2D eigenvalue weighted by Gasteiger charge is -2.24. The highest BCUT2D eigenvalue weighted by Gasteiger charge is 2.21. The van der Waals surface area contributed by atoms with Crippen LogP contribution in [-0.2, 0) is 6.54 Å². The summed E-state index contributed by atoms with van der Waals surface area (Å²) < 4.78 is 0. The van der Waals surface area contributed by atoms with Crippen LogP contribution in [0, 0.1) is 0 Å². The van der Waals surface area contributed by atoms with Gasteiger partial charge in [0.2, 0.25) is 0 Å². The fourth-order valence-electron chi connectivity index (χ4n) is 2.06. The minimum Gasteiger partial charge on any atom is -0.355 e. The first-order valence-electron chi connectivity index (χ1n) is 6.63. The number of rotatable bonds is 6. The minimum atomic E-state index is 0.614. The molecule has 0 bridgehead atoms. The Morgan fingerprint density at radius 3 is 3.11 bits per heavy atom. The zero-order valence-corrected chi connectivity index (χ0v) is 12.0. The molecule has 0 aliphatic carbocycles. The normalized spacial score (nSPS) is 19.1. The van der Waals surface area contributed by atoms with Crippen molar-refractivity contribution in [3.05, 3.63) is 18.1 Å². The average molecular weight is 266 g/mol. The third-order valence-electron chi connectivity index (χ3n) is 3.22. The van der Waals surface area contributed by atoms with Crippen molar-refractivity contribution in [3.8, 4) is 0 Å². The van der Waals surface area contributed by atoms with Gasteiger partial charge in [-0.15, -0.1) is 0 Å². The maximum atomic E-state index is 4.68. The molecule has 18 heavy (non-hydrogen) atoms. The monoisotopic (exact) mass is 266 g/mol. The zero-order valence-electron chi connectivity index (χ0n) is 11.2. The van der Waals surface area contributed by atoms with Crippen molar-refractivity contribution in [1.82, 2.24) is 15.3 Å². The van der Waals surface area contributed by atoms with Gasteiger partial charge in [-0.05, 0) is 25.1 Å². The summed E-state index contributed by atoms with van der Waals surface area (Å²) in [7, 11) is 2.13. The summed E-state index contributed by atoms with van der Waals surface area (Å²) in [6, 6.07) is 0.614. The Labute approximate surface area is 114 Å². The van der Waals surface area contributed by atoms with E-state index < -0.39 is 0 Å². The Bertz CT molecular complexity index is 366. The van der Waals surface area contributed by atoms with Gasteiger partial charge in [0.05, 0.1) is 11.9 Å². The van der Waals surface area contributed by atoms with E-state index in [1.165, 1.54) is 17.9 Å². The summed E-state index contributed by atoms with van der Waals surface area (Å²) >= 11 is 2.02. The van der Waals surface area contributed by atoms with Gasteiger partial charge in [-0.25, -0.2) is 4.98 Å². The van der Waals surface area contributed by atoms with Crippen LogP contribution in [0.3, 0.4) is 0 Å². The molecule has 1 aliphatic heterocycles. The average Bonchev–Trinajstić information content (AvgIpc) is 2.92.